The van der Waals surface area contributed by atoms with Gasteiger partial charge in [-0.15, -0.1) is 0 Å². The molecule has 2 unspecified atom stereocenters. The zero-order valence-electron chi connectivity index (χ0n) is 11.2. The van der Waals surface area contributed by atoms with E-state index >= 15 is 0 Å². The van der Waals surface area contributed by atoms with Crippen molar-refractivity contribution < 1.29 is 14.1 Å². The minimum absolute atomic E-state index is 0.179. The number of hydrogen-bond acceptors (Lipinski definition) is 5. The van der Waals surface area contributed by atoms with Gasteiger partial charge in [0.05, 0.1) is 5.92 Å². The molecule has 2 rings (SSSR count). The second-order valence-corrected chi connectivity index (χ2v) is 5.16. The Morgan fingerprint density at radius 1 is 1.39 bits per heavy atom. The summed E-state index contributed by atoms with van der Waals surface area (Å²) in [6, 6.07) is 0. The van der Waals surface area contributed by atoms with Crippen molar-refractivity contribution in [2.45, 2.75) is 51.6 Å². The highest BCUT2D eigenvalue weighted by Gasteiger charge is 2.30. The number of rotatable bonds is 4. The molecule has 100 valence electrons. The number of aromatic nitrogens is 2. The molecule has 0 saturated heterocycles. The third-order valence-corrected chi connectivity index (χ3v) is 3.42. The second kappa shape index (κ2) is 5.61. The molecular formula is C13H20N2O3. The first-order chi connectivity index (χ1) is 8.63. The molecule has 0 radical (unpaired) electrons. The summed E-state index contributed by atoms with van der Waals surface area (Å²) in [7, 11) is 1.63. The van der Waals surface area contributed by atoms with E-state index in [0.29, 0.717) is 18.1 Å². The average molecular weight is 252 g/mol. The lowest BCUT2D eigenvalue weighted by Gasteiger charge is -2.16. The molecular weight excluding hydrogens is 232 g/mol. The Morgan fingerprint density at radius 3 is 2.78 bits per heavy atom. The van der Waals surface area contributed by atoms with E-state index in [-0.39, 0.29) is 23.7 Å². The van der Waals surface area contributed by atoms with Crippen molar-refractivity contribution in [2.75, 3.05) is 7.11 Å². The molecule has 1 fully saturated rings. The molecule has 18 heavy (non-hydrogen) atoms. The predicted molar refractivity (Wildman–Crippen MR) is 65.1 cm³/mol. The van der Waals surface area contributed by atoms with E-state index in [0.717, 1.165) is 19.3 Å². The lowest BCUT2D eigenvalue weighted by atomic mass is 9.88. The van der Waals surface area contributed by atoms with Crippen LogP contribution in [0.1, 0.15) is 63.3 Å². The minimum Gasteiger partial charge on any atom is -0.373 e. The van der Waals surface area contributed by atoms with Crippen LogP contribution in [-0.4, -0.2) is 23.0 Å². The van der Waals surface area contributed by atoms with Crippen molar-refractivity contribution in [3.63, 3.8) is 0 Å². The highest BCUT2D eigenvalue weighted by Crippen LogP contribution is 2.30. The number of nitrogens with zero attached hydrogens (tertiary/aromatic N) is 2. The summed E-state index contributed by atoms with van der Waals surface area (Å²) < 4.78 is 10.6. The van der Waals surface area contributed by atoms with Crippen LogP contribution in [0.3, 0.4) is 0 Å². The normalized spacial score (nSPS) is 22.4. The average Bonchev–Trinajstić information content (AvgIpc) is 2.79. The largest absolute Gasteiger partial charge is 0.373 e. The first-order valence-electron chi connectivity index (χ1n) is 6.52. The summed E-state index contributed by atoms with van der Waals surface area (Å²) in [5.41, 5.74) is 0. The fraction of sp³-hybridized carbons (Fsp3) is 0.769. The molecule has 0 amide bonds. The third-order valence-electron chi connectivity index (χ3n) is 3.42. The molecule has 2 atom stereocenters. The molecule has 0 N–H and O–H groups in total. The van der Waals surface area contributed by atoms with Gasteiger partial charge < -0.3 is 9.26 Å². The standard InChI is InChI=1S/C13H20N2O3/c1-8(2)11(17-3)12-14-13(18-15-12)9-6-4-5-7-10(9)16/h8-9,11H,4-7H2,1-3H3. The highest BCUT2D eigenvalue weighted by atomic mass is 16.5. The van der Waals surface area contributed by atoms with E-state index in [9.17, 15) is 4.79 Å². The van der Waals surface area contributed by atoms with Crippen molar-refractivity contribution >= 4 is 5.78 Å². The highest BCUT2D eigenvalue weighted by molar-refractivity contribution is 5.85. The van der Waals surface area contributed by atoms with Crippen LogP contribution in [0.15, 0.2) is 4.52 Å². The number of Topliss-reactive ketones (excluding diaryl/α,β-unsaturated/α-hetero) is 1. The molecule has 1 saturated carbocycles. The molecule has 1 aliphatic carbocycles. The second-order valence-electron chi connectivity index (χ2n) is 5.16. The molecule has 0 aliphatic heterocycles. The van der Waals surface area contributed by atoms with Crippen molar-refractivity contribution in [3.05, 3.63) is 11.7 Å². The summed E-state index contributed by atoms with van der Waals surface area (Å²) in [6.45, 7) is 4.08. The zero-order valence-corrected chi connectivity index (χ0v) is 11.2. The zero-order chi connectivity index (χ0) is 13.1. The van der Waals surface area contributed by atoms with Gasteiger partial charge in [-0.1, -0.05) is 25.4 Å². The molecule has 0 spiro atoms. The molecule has 0 aromatic carbocycles. The predicted octanol–water partition coefficient (Wildman–Crippen LogP) is 2.64. The van der Waals surface area contributed by atoms with E-state index in [1.807, 2.05) is 13.8 Å². The van der Waals surface area contributed by atoms with Crippen molar-refractivity contribution in [1.82, 2.24) is 10.1 Å². The third kappa shape index (κ3) is 2.61. The quantitative estimate of drug-likeness (QED) is 0.824. The van der Waals surface area contributed by atoms with Gasteiger partial charge in [0, 0.05) is 13.5 Å². The summed E-state index contributed by atoms with van der Waals surface area (Å²) in [6.07, 6.45) is 3.29. The van der Waals surface area contributed by atoms with Crippen LogP contribution < -0.4 is 0 Å². The Labute approximate surface area is 107 Å². The Morgan fingerprint density at radius 2 is 2.17 bits per heavy atom. The van der Waals surface area contributed by atoms with Gasteiger partial charge in [-0.05, 0) is 18.8 Å². The van der Waals surface area contributed by atoms with E-state index in [2.05, 4.69) is 10.1 Å². The maximum Gasteiger partial charge on any atom is 0.237 e. The van der Waals surface area contributed by atoms with Gasteiger partial charge in [-0.25, -0.2) is 0 Å². The maximum atomic E-state index is 11.8. The molecule has 5 heteroatoms. The van der Waals surface area contributed by atoms with E-state index in [1.54, 1.807) is 7.11 Å². The summed E-state index contributed by atoms with van der Waals surface area (Å²) >= 11 is 0. The molecule has 1 heterocycles. The van der Waals surface area contributed by atoms with Crippen LogP contribution in [-0.2, 0) is 9.53 Å². The Bertz CT molecular complexity index is 414. The monoisotopic (exact) mass is 252 g/mol. The van der Waals surface area contributed by atoms with Crippen LogP contribution in [0.2, 0.25) is 0 Å². The number of carbonyl (C=O) groups is 1. The SMILES string of the molecule is COC(c1noc(C2CCCCC2=O)n1)C(C)C. The van der Waals surface area contributed by atoms with Gasteiger partial charge >= 0.3 is 0 Å². The maximum absolute atomic E-state index is 11.8. The number of ketones is 1. The minimum atomic E-state index is -0.204. The van der Waals surface area contributed by atoms with Crippen molar-refractivity contribution in [3.8, 4) is 0 Å². The Hall–Kier alpha value is -1.23. The first-order valence-corrected chi connectivity index (χ1v) is 6.52. The first kappa shape index (κ1) is 13.2. The van der Waals surface area contributed by atoms with Crippen LogP contribution >= 0.6 is 0 Å². The topological polar surface area (TPSA) is 65.2 Å². The lowest BCUT2D eigenvalue weighted by Crippen LogP contribution is -2.17. The van der Waals surface area contributed by atoms with Gasteiger partial charge in [0.15, 0.2) is 0 Å². The van der Waals surface area contributed by atoms with Crippen LogP contribution in [0.5, 0.6) is 0 Å². The Kier molecular flexibility index (Phi) is 4.11. The van der Waals surface area contributed by atoms with Gasteiger partial charge in [-0.2, -0.15) is 4.98 Å². The molecule has 0 bridgehead atoms. The molecule has 1 aliphatic rings. The number of carbonyl (C=O) groups excluding carboxylic acids is 1. The summed E-state index contributed by atoms with van der Waals surface area (Å²) in [5.74, 6) is 1.28. The van der Waals surface area contributed by atoms with Crippen molar-refractivity contribution in [1.29, 1.82) is 0 Å². The fourth-order valence-electron chi connectivity index (χ4n) is 2.42. The summed E-state index contributed by atoms with van der Waals surface area (Å²) in [4.78, 5) is 16.2. The Balaban J connectivity index is 2.16. The van der Waals surface area contributed by atoms with E-state index < -0.39 is 0 Å². The van der Waals surface area contributed by atoms with E-state index in [4.69, 9.17) is 9.26 Å². The molecule has 5 nitrogen and oxygen atoms in total. The fourth-order valence-corrected chi connectivity index (χ4v) is 2.42. The van der Waals surface area contributed by atoms with Gasteiger partial charge in [-0.3, -0.25) is 4.79 Å². The van der Waals surface area contributed by atoms with Crippen LogP contribution in [0.25, 0.3) is 0 Å². The van der Waals surface area contributed by atoms with Gasteiger partial charge in [0.1, 0.15) is 11.9 Å². The number of hydrogen-bond donors (Lipinski definition) is 0. The molecule has 1 aromatic rings. The van der Waals surface area contributed by atoms with Crippen LogP contribution in [0.4, 0.5) is 0 Å². The summed E-state index contributed by atoms with van der Waals surface area (Å²) in [5, 5.41) is 3.95. The van der Waals surface area contributed by atoms with E-state index in [1.165, 1.54) is 0 Å². The molecule has 1 aromatic heterocycles. The van der Waals surface area contributed by atoms with Crippen molar-refractivity contribution in [2.24, 2.45) is 5.92 Å². The van der Waals surface area contributed by atoms with Gasteiger partial charge in [0.2, 0.25) is 11.7 Å². The van der Waals surface area contributed by atoms with Gasteiger partial charge in [0.25, 0.3) is 0 Å². The van der Waals surface area contributed by atoms with Crippen LogP contribution in [0, 0.1) is 5.92 Å². The lowest BCUT2D eigenvalue weighted by molar-refractivity contribution is -0.122. The smallest absolute Gasteiger partial charge is 0.237 e. The number of methoxy groups -OCH3 is 1. The number of ether oxygens (including phenoxy) is 1.